The van der Waals surface area contributed by atoms with Gasteiger partial charge in [0, 0.05) is 12.3 Å². The number of carbonyl (C=O) groups is 3. The van der Waals surface area contributed by atoms with E-state index in [1.807, 2.05) is 0 Å². The average molecular weight is 566 g/mol. The molecule has 40 heavy (non-hydrogen) atoms. The molecule has 0 aliphatic heterocycles. The van der Waals surface area contributed by atoms with Crippen molar-refractivity contribution in [3.05, 3.63) is 64.2 Å². The van der Waals surface area contributed by atoms with Crippen molar-refractivity contribution < 1.29 is 42.6 Å². The van der Waals surface area contributed by atoms with Crippen molar-refractivity contribution in [3.63, 3.8) is 0 Å². The standard InChI is InChI=1S/C17H18FN3O4.C10H18O5/c1-17(2,3)25-16(22)20(11-12-4-6-13(18)7-5-12)15-10-19-9-8-14(15)21(23)24;1-9(2,3)14-7(11)13-8(12)15-10(4,5)6/h4-10H,11H2,1-3H3;1-6H3. The lowest BCUT2D eigenvalue weighted by atomic mass is 10.2. The summed E-state index contributed by atoms with van der Waals surface area (Å²) >= 11 is 0. The van der Waals surface area contributed by atoms with Gasteiger partial charge in [-0.2, -0.15) is 0 Å². The molecule has 0 atom stereocenters. The number of aromatic nitrogens is 1. The van der Waals surface area contributed by atoms with E-state index in [1.54, 1.807) is 62.3 Å². The monoisotopic (exact) mass is 565 g/mol. The zero-order valence-corrected chi connectivity index (χ0v) is 24.1. The third-order valence-electron chi connectivity index (χ3n) is 4.08. The highest BCUT2D eigenvalue weighted by Gasteiger charge is 2.29. The van der Waals surface area contributed by atoms with Crippen LogP contribution in [0.2, 0.25) is 0 Å². The van der Waals surface area contributed by atoms with Crippen LogP contribution in [0.1, 0.15) is 67.9 Å². The van der Waals surface area contributed by atoms with E-state index in [2.05, 4.69) is 9.72 Å². The van der Waals surface area contributed by atoms with Crippen molar-refractivity contribution in [2.45, 2.75) is 85.7 Å². The number of nitrogens with zero attached hydrogens (tertiary/aromatic N) is 3. The van der Waals surface area contributed by atoms with Crippen molar-refractivity contribution in [1.29, 1.82) is 0 Å². The summed E-state index contributed by atoms with van der Waals surface area (Å²) in [6.45, 7) is 15.1. The summed E-state index contributed by atoms with van der Waals surface area (Å²) < 4.78 is 32.2. The predicted molar refractivity (Wildman–Crippen MR) is 143 cm³/mol. The summed E-state index contributed by atoms with van der Waals surface area (Å²) in [7, 11) is 0. The lowest BCUT2D eigenvalue weighted by Gasteiger charge is -2.27. The zero-order chi connectivity index (χ0) is 30.9. The maximum Gasteiger partial charge on any atom is 0.519 e. The molecule has 0 spiro atoms. The summed E-state index contributed by atoms with van der Waals surface area (Å²) in [5.41, 5.74) is -1.85. The van der Waals surface area contributed by atoms with E-state index >= 15 is 0 Å². The molecule has 1 amide bonds. The summed E-state index contributed by atoms with van der Waals surface area (Å²) in [6, 6.07) is 6.70. The van der Waals surface area contributed by atoms with Gasteiger partial charge in [0.1, 0.15) is 28.3 Å². The number of carbonyl (C=O) groups excluding carboxylic acids is 3. The highest BCUT2D eigenvalue weighted by molar-refractivity contribution is 5.90. The lowest BCUT2D eigenvalue weighted by molar-refractivity contribution is -0.384. The van der Waals surface area contributed by atoms with E-state index in [0.29, 0.717) is 5.56 Å². The van der Waals surface area contributed by atoms with Gasteiger partial charge in [0.15, 0.2) is 0 Å². The minimum absolute atomic E-state index is 0.00563. The van der Waals surface area contributed by atoms with Gasteiger partial charge in [0.05, 0.1) is 17.7 Å². The van der Waals surface area contributed by atoms with E-state index < -0.39 is 45.9 Å². The molecule has 1 aromatic heterocycles. The number of amides is 1. The quantitative estimate of drug-likeness (QED) is 0.125. The van der Waals surface area contributed by atoms with Gasteiger partial charge in [-0.05, 0) is 80.0 Å². The molecular formula is C27H36FN3O9. The minimum atomic E-state index is -1.06. The molecule has 0 saturated carbocycles. The molecule has 0 radical (unpaired) electrons. The maximum atomic E-state index is 13.1. The maximum absolute atomic E-state index is 13.1. The molecule has 12 nitrogen and oxygen atoms in total. The Balaban J connectivity index is 0.000000459. The van der Waals surface area contributed by atoms with Crippen molar-refractivity contribution in [2.75, 3.05) is 4.90 Å². The SMILES string of the molecule is CC(C)(C)OC(=O)N(Cc1ccc(F)cc1)c1cnccc1[N+](=O)[O-].CC(C)(C)OC(=O)OC(=O)OC(C)(C)C. The summed E-state index contributed by atoms with van der Waals surface area (Å²) in [6.07, 6.45) is -0.375. The van der Waals surface area contributed by atoms with Crippen LogP contribution in [-0.2, 0) is 25.5 Å². The van der Waals surface area contributed by atoms with Crippen LogP contribution in [0.5, 0.6) is 0 Å². The molecule has 2 aromatic rings. The van der Waals surface area contributed by atoms with Gasteiger partial charge in [0.25, 0.3) is 5.69 Å². The Morgan fingerprint density at radius 1 is 0.850 bits per heavy atom. The van der Waals surface area contributed by atoms with Crippen molar-refractivity contribution in [1.82, 2.24) is 4.98 Å². The van der Waals surface area contributed by atoms with Crippen LogP contribution in [0.3, 0.4) is 0 Å². The highest BCUT2D eigenvalue weighted by Crippen LogP contribution is 2.29. The smallest absolute Gasteiger partial charge is 0.443 e. The van der Waals surface area contributed by atoms with Crippen LogP contribution >= 0.6 is 0 Å². The van der Waals surface area contributed by atoms with Gasteiger partial charge in [-0.25, -0.2) is 18.8 Å². The number of ether oxygens (including phenoxy) is 4. The molecule has 0 aliphatic carbocycles. The number of anilines is 1. The second-order valence-electron chi connectivity index (χ2n) is 11.3. The Kier molecular flexibility index (Phi) is 11.5. The highest BCUT2D eigenvalue weighted by atomic mass is 19.1. The average Bonchev–Trinajstić information content (AvgIpc) is 2.75. The molecule has 0 saturated heterocycles. The molecule has 13 heteroatoms. The fraction of sp³-hybridized carbons (Fsp3) is 0.481. The van der Waals surface area contributed by atoms with Gasteiger partial charge in [0.2, 0.25) is 0 Å². The summed E-state index contributed by atoms with van der Waals surface area (Å²) in [4.78, 5) is 50.3. The third-order valence-corrected chi connectivity index (χ3v) is 4.08. The van der Waals surface area contributed by atoms with E-state index in [-0.39, 0.29) is 17.9 Å². The van der Waals surface area contributed by atoms with Crippen LogP contribution in [0.15, 0.2) is 42.7 Å². The molecule has 0 unspecified atom stereocenters. The van der Waals surface area contributed by atoms with Crippen molar-refractivity contribution in [2.24, 2.45) is 0 Å². The molecule has 0 bridgehead atoms. The van der Waals surface area contributed by atoms with Gasteiger partial charge in [-0.1, -0.05) is 12.1 Å². The Hall–Kier alpha value is -4.29. The van der Waals surface area contributed by atoms with Gasteiger partial charge >= 0.3 is 18.4 Å². The second-order valence-corrected chi connectivity index (χ2v) is 11.3. The first-order valence-corrected chi connectivity index (χ1v) is 12.1. The van der Waals surface area contributed by atoms with E-state index in [0.717, 1.165) is 4.90 Å². The number of rotatable bonds is 4. The largest absolute Gasteiger partial charge is 0.519 e. The summed E-state index contributed by atoms with van der Waals surface area (Å²) in [5, 5.41) is 11.3. The van der Waals surface area contributed by atoms with Crippen LogP contribution in [-0.4, -0.2) is 45.1 Å². The number of benzene rings is 1. The Bertz CT molecular complexity index is 1160. The van der Waals surface area contributed by atoms with Crippen molar-refractivity contribution >= 4 is 29.8 Å². The van der Waals surface area contributed by atoms with Gasteiger partial charge < -0.3 is 18.9 Å². The molecule has 2 rings (SSSR count). The Morgan fingerprint density at radius 2 is 1.32 bits per heavy atom. The molecule has 220 valence electrons. The van der Waals surface area contributed by atoms with Crippen molar-refractivity contribution in [3.8, 4) is 0 Å². The molecule has 1 aromatic carbocycles. The molecule has 0 N–H and O–H groups in total. The second kappa shape index (κ2) is 13.7. The van der Waals surface area contributed by atoms with Crippen LogP contribution in [0.4, 0.5) is 30.1 Å². The fourth-order valence-electron chi connectivity index (χ4n) is 2.69. The normalized spacial score (nSPS) is 11.3. The first-order valence-electron chi connectivity index (χ1n) is 12.1. The zero-order valence-electron chi connectivity index (χ0n) is 24.1. The number of nitro groups is 1. The Morgan fingerprint density at radius 3 is 1.75 bits per heavy atom. The van der Waals surface area contributed by atoms with E-state index in [4.69, 9.17) is 14.2 Å². The van der Waals surface area contributed by atoms with Crippen LogP contribution in [0, 0.1) is 15.9 Å². The first-order chi connectivity index (χ1) is 18.2. The third kappa shape index (κ3) is 13.5. The Labute approximate surface area is 232 Å². The summed E-state index contributed by atoms with van der Waals surface area (Å²) in [5.74, 6) is -0.417. The van der Waals surface area contributed by atoms with Gasteiger partial charge in [-0.15, -0.1) is 0 Å². The number of hydrogen-bond donors (Lipinski definition) is 0. The van der Waals surface area contributed by atoms with E-state index in [9.17, 15) is 28.9 Å². The molecule has 0 fully saturated rings. The predicted octanol–water partition coefficient (Wildman–Crippen LogP) is 6.94. The van der Waals surface area contributed by atoms with Crippen LogP contribution in [0.25, 0.3) is 0 Å². The number of hydrogen-bond acceptors (Lipinski definition) is 10. The minimum Gasteiger partial charge on any atom is -0.443 e. The molecule has 1 heterocycles. The number of halogens is 1. The van der Waals surface area contributed by atoms with E-state index in [1.165, 1.54) is 42.7 Å². The van der Waals surface area contributed by atoms with Crippen LogP contribution < -0.4 is 4.90 Å². The molecular weight excluding hydrogens is 529 g/mol. The molecule has 0 aliphatic rings. The lowest BCUT2D eigenvalue weighted by Crippen LogP contribution is -2.37. The van der Waals surface area contributed by atoms with Gasteiger partial charge in [-0.3, -0.25) is 20.0 Å². The topological polar surface area (TPSA) is 147 Å². The number of pyridine rings is 1. The first kappa shape index (κ1) is 33.7. The fourth-order valence-corrected chi connectivity index (χ4v) is 2.69.